The molecule has 3 aromatic heterocycles. The van der Waals surface area contributed by atoms with Gasteiger partial charge in [-0.25, -0.2) is 9.67 Å². The molecule has 0 aromatic carbocycles. The minimum atomic E-state index is 0.242. The maximum Gasteiger partial charge on any atom is 0.236 e. The van der Waals surface area contributed by atoms with Gasteiger partial charge >= 0.3 is 0 Å². The number of rotatable bonds is 5. The van der Waals surface area contributed by atoms with E-state index < -0.39 is 0 Å². The second-order valence-corrected chi connectivity index (χ2v) is 6.30. The summed E-state index contributed by atoms with van der Waals surface area (Å²) in [5.41, 5.74) is 0.886. The zero-order valence-electron chi connectivity index (χ0n) is 11.1. The first kappa shape index (κ1) is 13.3. The number of hydrogen-bond acceptors (Lipinski definition) is 7. The second kappa shape index (κ2) is 5.76. The average molecular weight is 307 g/mol. The standard InChI is InChI=1S/C12H13N5OS2/c1-8(2)17-12(14-15-16-17)20-7-9-6-18-11(13-9)10-4-3-5-19-10/h3-6,8H,7H2,1-2H3. The molecule has 0 saturated carbocycles. The molecule has 0 radical (unpaired) electrons. The normalized spacial score (nSPS) is 11.3. The second-order valence-electron chi connectivity index (χ2n) is 4.41. The van der Waals surface area contributed by atoms with Crippen molar-refractivity contribution in [1.29, 1.82) is 0 Å². The molecular weight excluding hydrogens is 294 g/mol. The Bertz CT molecular complexity index is 674. The van der Waals surface area contributed by atoms with Crippen molar-refractivity contribution in [2.75, 3.05) is 0 Å². The zero-order chi connectivity index (χ0) is 13.9. The molecule has 0 aliphatic carbocycles. The fraction of sp³-hybridized carbons (Fsp3) is 0.333. The van der Waals surface area contributed by atoms with E-state index in [4.69, 9.17) is 4.42 Å². The molecular formula is C12H13N5OS2. The van der Waals surface area contributed by atoms with Crippen LogP contribution < -0.4 is 0 Å². The van der Waals surface area contributed by atoms with E-state index in [1.807, 2.05) is 31.4 Å². The molecule has 3 aromatic rings. The van der Waals surface area contributed by atoms with Crippen molar-refractivity contribution in [3.8, 4) is 10.8 Å². The van der Waals surface area contributed by atoms with E-state index in [0.29, 0.717) is 11.6 Å². The molecule has 0 aliphatic heterocycles. The van der Waals surface area contributed by atoms with Crippen molar-refractivity contribution < 1.29 is 4.42 Å². The summed E-state index contributed by atoms with van der Waals surface area (Å²) in [5, 5.41) is 14.5. The third-order valence-corrected chi connectivity index (χ3v) is 4.41. The highest BCUT2D eigenvalue weighted by molar-refractivity contribution is 7.98. The van der Waals surface area contributed by atoms with Gasteiger partial charge in [-0.2, -0.15) is 0 Å². The molecule has 8 heteroatoms. The van der Waals surface area contributed by atoms with Gasteiger partial charge in [-0.1, -0.05) is 17.8 Å². The fourth-order valence-corrected chi connectivity index (χ4v) is 3.17. The maximum atomic E-state index is 5.48. The molecule has 104 valence electrons. The summed E-state index contributed by atoms with van der Waals surface area (Å²) in [6.45, 7) is 4.09. The van der Waals surface area contributed by atoms with Gasteiger partial charge in [0.2, 0.25) is 11.0 Å². The molecule has 0 spiro atoms. The van der Waals surface area contributed by atoms with Crippen molar-refractivity contribution in [3.63, 3.8) is 0 Å². The number of thiophene rings is 1. The third kappa shape index (κ3) is 2.75. The summed E-state index contributed by atoms with van der Waals surface area (Å²) in [4.78, 5) is 5.51. The van der Waals surface area contributed by atoms with Crippen LogP contribution in [0.1, 0.15) is 25.6 Å². The molecule has 6 nitrogen and oxygen atoms in total. The number of aromatic nitrogens is 5. The van der Waals surface area contributed by atoms with Crippen LogP contribution in [0.2, 0.25) is 0 Å². The Balaban J connectivity index is 1.68. The van der Waals surface area contributed by atoms with Crippen LogP contribution in [0.15, 0.2) is 33.3 Å². The van der Waals surface area contributed by atoms with Gasteiger partial charge in [0.1, 0.15) is 6.26 Å². The summed E-state index contributed by atoms with van der Waals surface area (Å²) < 4.78 is 7.28. The lowest BCUT2D eigenvalue weighted by Gasteiger charge is -2.05. The van der Waals surface area contributed by atoms with Crippen LogP contribution in [0, 0.1) is 0 Å². The first-order chi connectivity index (χ1) is 9.74. The molecule has 0 bridgehead atoms. The Labute approximate surface area is 124 Å². The predicted octanol–water partition coefficient (Wildman–Crippen LogP) is 3.26. The Morgan fingerprint density at radius 3 is 3.10 bits per heavy atom. The van der Waals surface area contributed by atoms with Crippen molar-refractivity contribution in [2.45, 2.75) is 30.8 Å². The van der Waals surface area contributed by atoms with Crippen LogP contribution in [0.5, 0.6) is 0 Å². The van der Waals surface area contributed by atoms with Crippen LogP contribution in [0.25, 0.3) is 10.8 Å². The quantitative estimate of drug-likeness (QED) is 0.674. The van der Waals surface area contributed by atoms with E-state index >= 15 is 0 Å². The Morgan fingerprint density at radius 1 is 1.45 bits per heavy atom. The highest BCUT2D eigenvalue weighted by Gasteiger charge is 2.12. The highest BCUT2D eigenvalue weighted by atomic mass is 32.2. The smallest absolute Gasteiger partial charge is 0.236 e. The van der Waals surface area contributed by atoms with Crippen LogP contribution in [-0.2, 0) is 5.75 Å². The van der Waals surface area contributed by atoms with Gasteiger partial charge in [-0.05, 0) is 35.7 Å². The Kier molecular flexibility index (Phi) is 3.83. The van der Waals surface area contributed by atoms with Gasteiger partial charge in [0.05, 0.1) is 16.6 Å². The minimum Gasteiger partial charge on any atom is -0.444 e. The largest absolute Gasteiger partial charge is 0.444 e. The number of nitrogens with zero attached hydrogens (tertiary/aromatic N) is 5. The number of oxazole rings is 1. The Hall–Kier alpha value is -1.67. The van der Waals surface area contributed by atoms with E-state index in [1.54, 1.807) is 34.0 Å². The van der Waals surface area contributed by atoms with Gasteiger partial charge in [0.25, 0.3) is 0 Å². The van der Waals surface area contributed by atoms with Crippen LogP contribution in [0.3, 0.4) is 0 Å². The Morgan fingerprint density at radius 2 is 2.35 bits per heavy atom. The molecule has 0 saturated heterocycles. The lowest BCUT2D eigenvalue weighted by atomic mass is 10.4. The molecule has 20 heavy (non-hydrogen) atoms. The van der Waals surface area contributed by atoms with Gasteiger partial charge in [0.15, 0.2) is 0 Å². The topological polar surface area (TPSA) is 69.6 Å². The number of hydrogen-bond donors (Lipinski definition) is 0. The first-order valence-corrected chi connectivity index (χ1v) is 7.99. The minimum absolute atomic E-state index is 0.242. The van der Waals surface area contributed by atoms with Gasteiger partial charge in [0, 0.05) is 5.75 Å². The van der Waals surface area contributed by atoms with E-state index in [-0.39, 0.29) is 6.04 Å². The average Bonchev–Trinajstić information content (AvgIpc) is 3.16. The predicted molar refractivity (Wildman–Crippen MR) is 77.6 cm³/mol. The van der Waals surface area contributed by atoms with Gasteiger partial charge < -0.3 is 4.42 Å². The third-order valence-electron chi connectivity index (χ3n) is 2.58. The lowest BCUT2D eigenvalue weighted by molar-refractivity contribution is 0.477. The molecule has 3 heterocycles. The maximum absolute atomic E-state index is 5.48. The monoisotopic (exact) mass is 307 g/mol. The van der Waals surface area contributed by atoms with Crippen LogP contribution >= 0.6 is 23.1 Å². The number of thioether (sulfide) groups is 1. The molecule has 0 amide bonds. The summed E-state index contributed by atoms with van der Waals surface area (Å²) >= 11 is 3.17. The van der Waals surface area contributed by atoms with Crippen LogP contribution in [-0.4, -0.2) is 25.2 Å². The van der Waals surface area contributed by atoms with E-state index in [9.17, 15) is 0 Å². The van der Waals surface area contributed by atoms with Crippen molar-refractivity contribution >= 4 is 23.1 Å². The summed E-state index contributed by atoms with van der Waals surface area (Å²) in [5.74, 6) is 1.35. The molecule has 0 aliphatic rings. The summed E-state index contributed by atoms with van der Waals surface area (Å²) in [6, 6.07) is 4.22. The molecule has 3 rings (SSSR count). The zero-order valence-corrected chi connectivity index (χ0v) is 12.7. The van der Waals surface area contributed by atoms with E-state index in [2.05, 4.69) is 20.5 Å². The van der Waals surface area contributed by atoms with Crippen molar-refractivity contribution in [3.05, 3.63) is 29.5 Å². The van der Waals surface area contributed by atoms with E-state index in [0.717, 1.165) is 15.7 Å². The van der Waals surface area contributed by atoms with Crippen molar-refractivity contribution in [2.24, 2.45) is 0 Å². The van der Waals surface area contributed by atoms with Gasteiger partial charge in [-0.3, -0.25) is 0 Å². The first-order valence-electron chi connectivity index (χ1n) is 6.13. The molecule has 0 fully saturated rings. The summed E-state index contributed by atoms with van der Waals surface area (Å²) in [6.07, 6.45) is 1.69. The molecule has 0 N–H and O–H groups in total. The molecule has 0 unspecified atom stereocenters. The van der Waals surface area contributed by atoms with Gasteiger partial charge in [-0.15, -0.1) is 16.4 Å². The van der Waals surface area contributed by atoms with Crippen LogP contribution in [0.4, 0.5) is 0 Å². The highest BCUT2D eigenvalue weighted by Crippen LogP contribution is 2.26. The summed E-state index contributed by atoms with van der Waals surface area (Å²) in [7, 11) is 0. The van der Waals surface area contributed by atoms with E-state index in [1.165, 1.54) is 0 Å². The SMILES string of the molecule is CC(C)n1nnnc1SCc1coc(-c2cccs2)n1. The van der Waals surface area contributed by atoms with Crippen molar-refractivity contribution in [1.82, 2.24) is 25.2 Å². The molecule has 0 atom stereocenters. The number of tetrazole rings is 1. The lowest BCUT2D eigenvalue weighted by Crippen LogP contribution is -2.04. The fourth-order valence-electron chi connectivity index (χ4n) is 1.63.